The molecule has 1 N–H and O–H groups in total. The van der Waals surface area contributed by atoms with Crippen LogP contribution in [0.2, 0.25) is 0 Å². The lowest BCUT2D eigenvalue weighted by Gasteiger charge is -2.47. The third-order valence-electron chi connectivity index (χ3n) is 6.83. The van der Waals surface area contributed by atoms with Crippen LogP contribution in [0.3, 0.4) is 0 Å². The van der Waals surface area contributed by atoms with Gasteiger partial charge in [0, 0.05) is 37.6 Å². The fourth-order valence-corrected chi connectivity index (χ4v) is 5.06. The van der Waals surface area contributed by atoms with Gasteiger partial charge < -0.3 is 10.2 Å². The largest absolute Gasteiger partial charge is 0.342 e. The highest BCUT2D eigenvalue weighted by atomic mass is 35.5. The van der Waals surface area contributed by atoms with Crippen molar-refractivity contribution >= 4 is 30.7 Å². The zero-order chi connectivity index (χ0) is 19.6. The van der Waals surface area contributed by atoms with Crippen LogP contribution in [0.5, 0.6) is 0 Å². The molecule has 2 atom stereocenters. The summed E-state index contributed by atoms with van der Waals surface area (Å²) < 4.78 is 0. The third-order valence-corrected chi connectivity index (χ3v) is 6.83. The van der Waals surface area contributed by atoms with Gasteiger partial charge in [-0.2, -0.15) is 0 Å². The number of amides is 1. The molecule has 2 aliphatic heterocycles. The van der Waals surface area contributed by atoms with Crippen molar-refractivity contribution in [3.8, 4) is 0 Å². The van der Waals surface area contributed by atoms with Crippen LogP contribution in [-0.4, -0.2) is 56.0 Å². The number of carbonyl (C=O) groups is 1. The Bertz CT molecular complexity index is 793. The molecular weight excluding hydrogens is 417 g/mol. The highest BCUT2D eigenvalue weighted by Gasteiger charge is 2.42. The molecular formula is C24H33Cl2N3O. The number of benzene rings is 2. The predicted octanol–water partition coefficient (Wildman–Crippen LogP) is 3.91. The van der Waals surface area contributed by atoms with Crippen molar-refractivity contribution in [2.45, 2.75) is 24.3 Å². The van der Waals surface area contributed by atoms with Gasteiger partial charge in [0.1, 0.15) is 0 Å². The van der Waals surface area contributed by atoms with Crippen molar-refractivity contribution in [1.82, 2.24) is 15.1 Å². The summed E-state index contributed by atoms with van der Waals surface area (Å²) in [6.45, 7) is 3.32. The third kappa shape index (κ3) is 4.67. The first kappa shape index (κ1) is 24.7. The highest BCUT2D eigenvalue weighted by molar-refractivity contribution is 5.85. The van der Waals surface area contributed by atoms with Gasteiger partial charge in [-0.1, -0.05) is 60.7 Å². The molecule has 164 valence electrons. The Labute approximate surface area is 192 Å². The van der Waals surface area contributed by atoms with Crippen LogP contribution in [0, 0.1) is 5.92 Å². The van der Waals surface area contributed by atoms with E-state index in [-0.39, 0.29) is 42.2 Å². The van der Waals surface area contributed by atoms with Crippen LogP contribution in [0.25, 0.3) is 0 Å². The molecule has 4 rings (SSSR count). The number of hydrogen-bond donors (Lipinski definition) is 1. The fraction of sp³-hybridized carbons (Fsp3) is 0.458. The monoisotopic (exact) mass is 449 g/mol. The minimum absolute atomic E-state index is 0. The van der Waals surface area contributed by atoms with Crippen LogP contribution < -0.4 is 5.32 Å². The average molecular weight is 450 g/mol. The molecule has 30 heavy (non-hydrogen) atoms. The van der Waals surface area contributed by atoms with Crippen molar-refractivity contribution in [2.75, 3.05) is 40.3 Å². The summed E-state index contributed by atoms with van der Waals surface area (Å²) in [5, 5.41) is 3.45. The molecule has 0 saturated carbocycles. The summed E-state index contributed by atoms with van der Waals surface area (Å²) in [6, 6.07) is 21.2. The maximum Gasteiger partial charge on any atom is 0.227 e. The van der Waals surface area contributed by atoms with Gasteiger partial charge in [0.25, 0.3) is 0 Å². The SMILES string of the molecule is CN(C)C1(c2ccccc2)CCN(C(=O)C2CNCC2c2ccccc2)CC1.Cl.Cl. The average Bonchev–Trinajstić information content (AvgIpc) is 3.24. The Hall–Kier alpha value is -1.59. The Kier molecular flexibility index (Phi) is 8.74. The molecule has 2 fully saturated rings. The lowest BCUT2D eigenvalue weighted by Crippen LogP contribution is -2.53. The first-order valence-corrected chi connectivity index (χ1v) is 10.4. The summed E-state index contributed by atoms with van der Waals surface area (Å²) in [7, 11) is 4.33. The second-order valence-electron chi connectivity index (χ2n) is 8.40. The number of carbonyl (C=O) groups excluding carboxylic acids is 1. The van der Waals surface area contributed by atoms with E-state index < -0.39 is 0 Å². The molecule has 1 amide bonds. The van der Waals surface area contributed by atoms with E-state index in [2.05, 4.69) is 83.8 Å². The molecule has 0 aliphatic carbocycles. The maximum atomic E-state index is 13.4. The lowest BCUT2D eigenvalue weighted by molar-refractivity contribution is -0.138. The first-order valence-electron chi connectivity index (χ1n) is 10.4. The molecule has 2 aromatic rings. The molecule has 0 bridgehead atoms. The summed E-state index contributed by atoms with van der Waals surface area (Å²) in [5.74, 6) is 0.647. The van der Waals surface area contributed by atoms with E-state index >= 15 is 0 Å². The molecule has 2 aliphatic rings. The molecule has 0 aromatic heterocycles. The van der Waals surface area contributed by atoms with Crippen LogP contribution in [0.1, 0.15) is 29.9 Å². The van der Waals surface area contributed by atoms with Gasteiger partial charge in [0.05, 0.1) is 5.92 Å². The smallest absolute Gasteiger partial charge is 0.227 e. The minimum Gasteiger partial charge on any atom is -0.342 e. The van der Waals surface area contributed by atoms with Crippen LogP contribution >= 0.6 is 24.8 Å². The fourth-order valence-electron chi connectivity index (χ4n) is 5.06. The Morgan fingerprint density at radius 1 is 0.933 bits per heavy atom. The number of nitrogens with one attached hydrogen (secondary N) is 1. The zero-order valence-corrected chi connectivity index (χ0v) is 19.4. The van der Waals surface area contributed by atoms with Gasteiger partial charge in [-0.25, -0.2) is 0 Å². The summed E-state index contributed by atoms with van der Waals surface area (Å²) in [4.78, 5) is 17.8. The molecule has 2 heterocycles. The maximum absolute atomic E-state index is 13.4. The number of piperidine rings is 1. The van der Waals surface area contributed by atoms with E-state index in [9.17, 15) is 4.79 Å². The van der Waals surface area contributed by atoms with Crippen molar-refractivity contribution in [3.05, 3.63) is 71.8 Å². The standard InChI is InChI=1S/C24H31N3O.2ClH/c1-26(2)24(20-11-7-4-8-12-20)13-15-27(16-14-24)23(28)22-18-25-17-21(22)19-9-5-3-6-10-19;;/h3-12,21-22,25H,13-18H2,1-2H3;2*1H. The second kappa shape index (κ2) is 10.6. The molecule has 4 nitrogen and oxygen atoms in total. The summed E-state index contributed by atoms with van der Waals surface area (Å²) in [5.41, 5.74) is 2.65. The van der Waals surface area contributed by atoms with E-state index in [1.807, 2.05) is 6.07 Å². The number of hydrogen-bond acceptors (Lipinski definition) is 3. The Morgan fingerprint density at radius 2 is 1.50 bits per heavy atom. The summed E-state index contributed by atoms with van der Waals surface area (Å²) >= 11 is 0. The number of nitrogens with zero attached hydrogens (tertiary/aromatic N) is 2. The molecule has 2 aromatic carbocycles. The second-order valence-corrected chi connectivity index (χ2v) is 8.40. The van der Waals surface area contributed by atoms with Crippen molar-refractivity contribution in [3.63, 3.8) is 0 Å². The number of likely N-dealkylation sites (tertiary alicyclic amines) is 1. The van der Waals surface area contributed by atoms with Gasteiger partial charge >= 0.3 is 0 Å². The first-order chi connectivity index (χ1) is 13.6. The van der Waals surface area contributed by atoms with Crippen molar-refractivity contribution < 1.29 is 4.79 Å². The van der Waals surface area contributed by atoms with Gasteiger partial charge in [0.15, 0.2) is 0 Å². The highest BCUT2D eigenvalue weighted by Crippen LogP contribution is 2.38. The van der Waals surface area contributed by atoms with Gasteiger partial charge in [-0.15, -0.1) is 24.8 Å². The van der Waals surface area contributed by atoms with Gasteiger partial charge in [-0.05, 0) is 38.1 Å². The van der Waals surface area contributed by atoms with E-state index in [0.29, 0.717) is 5.91 Å². The normalized spacial score (nSPS) is 22.8. The minimum atomic E-state index is 0. The molecule has 2 saturated heterocycles. The van der Waals surface area contributed by atoms with Crippen LogP contribution in [0.4, 0.5) is 0 Å². The quantitative estimate of drug-likeness (QED) is 0.767. The molecule has 6 heteroatoms. The Balaban J connectivity index is 0.00000160. The summed E-state index contributed by atoms with van der Waals surface area (Å²) in [6.07, 6.45) is 1.96. The molecule has 0 radical (unpaired) electrons. The zero-order valence-electron chi connectivity index (χ0n) is 17.8. The number of rotatable bonds is 4. The van der Waals surface area contributed by atoms with E-state index in [1.165, 1.54) is 11.1 Å². The predicted molar refractivity (Wildman–Crippen MR) is 128 cm³/mol. The van der Waals surface area contributed by atoms with Crippen LogP contribution in [-0.2, 0) is 10.3 Å². The topological polar surface area (TPSA) is 35.6 Å². The van der Waals surface area contributed by atoms with Gasteiger partial charge in [-0.3, -0.25) is 9.69 Å². The Morgan fingerprint density at radius 3 is 2.07 bits per heavy atom. The van der Waals surface area contributed by atoms with E-state index in [4.69, 9.17) is 0 Å². The van der Waals surface area contributed by atoms with E-state index in [0.717, 1.165) is 39.0 Å². The molecule has 0 spiro atoms. The lowest BCUT2D eigenvalue weighted by atomic mass is 9.79. The van der Waals surface area contributed by atoms with Crippen LogP contribution in [0.15, 0.2) is 60.7 Å². The number of halogens is 2. The van der Waals surface area contributed by atoms with E-state index in [1.54, 1.807) is 0 Å². The molecule has 2 unspecified atom stereocenters. The van der Waals surface area contributed by atoms with Crippen molar-refractivity contribution in [2.24, 2.45) is 5.92 Å². The van der Waals surface area contributed by atoms with Gasteiger partial charge in [0.2, 0.25) is 5.91 Å². The van der Waals surface area contributed by atoms with Crippen molar-refractivity contribution in [1.29, 1.82) is 0 Å².